The number of fused-ring (bicyclic) bond motifs is 1. The van der Waals surface area contributed by atoms with Crippen LogP contribution >= 0.6 is 11.3 Å². The van der Waals surface area contributed by atoms with Crippen LogP contribution in [0.2, 0.25) is 0 Å². The van der Waals surface area contributed by atoms with Crippen molar-refractivity contribution in [2.24, 2.45) is 4.99 Å². The zero-order valence-corrected chi connectivity index (χ0v) is 18.2. The van der Waals surface area contributed by atoms with Gasteiger partial charge in [-0.25, -0.2) is 0 Å². The first-order valence-electron chi connectivity index (χ1n) is 10.4. The van der Waals surface area contributed by atoms with Gasteiger partial charge in [0.05, 0.1) is 17.2 Å². The number of aliphatic imine (C=N–C) groups is 1. The third-order valence-electron chi connectivity index (χ3n) is 5.85. The Balaban J connectivity index is 1.29. The number of piperazine rings is 1. The molecule has 1 aromatic heterocycles. The first-order valence-corrected chi connectivity index (χ1v) is 11.2. The van der Waals surface area contributed by atoms with Crippen molar-refractivity contribution in [2.75, 3.05) is 31.1 Å². The lowest BCUT2D eigenvalue weighted by atomic mass is 10.1. The first-order chi connectivity index (χ1) is 15.1. The number of para-hydroxylation sites is 1. The second-order valence-corrected chi connectivity index (χ2v) is 8.93. The predicted octanol–water partition coefficient (Wildman–Crippen LogP) is 3.96. The third kappa shape index (κ3) is 3.94. The summed E-state index contributed by atoms with van der Waals surface area (Å²) < 4.78 is 1.47. The molecule has 2 aromatic carbocycles. The number of nitrogens with zero attached hydrogens (tertiary/aromatic N) is 4. The summed E-state index contributed by atoms with van der Waals surface area (Å²) in [5.41, 5.74) is 5.32. The average molecular weight is 433 g/mol. The molecule has 0 aliphatic carbocycles. The molecule has 0 spiro atoms. The van der Waals surface area contributed by atoms with Gasteiger partial charge < -0.3 is 10.0 Å². The summed E-state index contributed by atoms with van der Waals surface area (Å²) >= 11 is 1.07. The number of allylic oxidation sites excluding steroid dienone is 1. The van der Waals surface area contributed by atoms with Crippen molar-refractivity contribution in [3.63, 3.8) is 0 Å². The molecule has 2 aliphatic rings. The van der Waals surface area contributed by atoms with Gasteiger partial charge in [0.15, 0.2) is 0 Å². The van der Waals surface area contributed by atoms with Crippen LogP contribution in [-0.2, 0) is 6.67 Å². The molecule has 3 aromatic rings. The van der Waals surface area contributed by atoms with Gasteiger partial charge in [0.25, 0.3) is 0 Å². The van der Waals surface area contributed by atoms with E-state index in [1.54, 1.807) is 6.21 Å². The van der Waals surface area contributed by atoms with Crippen LogP contribution in [0.25, 0.3) is 11.6 Å². The maximum Gasteiger partial charge on any atom is 0.311 e. The van der Waals surface area contributed by atoms with Gasteiger partial charge >= 0.3 is 4.87 Å². The minimum Gasteiger partial charge on any atom is -0.493 e. The fourth-order valence-electron chi connectivity index (χ4n) is 4.03. The molecule has 5 rings (SSSR count). The van der Waals surface area contributed by atoms with Gasteiger partial charge in [0.2, 0.25) is 5.88 Å². The molecule has 0 bridgehead atoms. The molecule has 1 fully saturated rings. The Morgan fingerprint density at radius 3 is 2.58 bits per heavy atom. The standard InChI is InChI=1S/C24H24N4O2S/c1-17-6-8-19(9-7-17)27-12-10-26(11-13-27)16-28-23(29)22(31-24(28)30)14-18-15-25-21-5-3-2-4-20(18)21/h2-9,14-15,29H,10-13,16H2,1H3/b18-14+. The summed E-state index contributed by atoms with van der Waals surface area (Å²) in [7, 11) is 0. The highest BCUT2D eigenvalue weighted by Gasteiger charge is 2.21. The molecule has 31 heavy (non-hydrogen) atoms. The van der Waals surface area contributed by atoms with E-state index in [1.165, 1.54) is 15.8 Å². The zero-order valence-electron chi connectivity index (χ0n) is 17.4. The lowest BCUT2D eigenvalue weighted by molar-refractivity contribution is 0.194. The number of aromatic hydroxyl groups is 1. The summed E-state index contributed by atoms with van der Waals surface area (Å²) in [6, 6.07) is 16.4. The number of anilines is 1. The van der Waals surface area contributed by atoms with E-state index in [0.29, 0.717) is 11.5 Å². The molecule has 0 saturated carbocycles. The average Bonchev–Trinajstić information content (AvgIpc) is 3.31. The Labute approximate surface area is 185 Å². The van der Waals surface area contributed by atoms with Gasteiger partial charge in [-0.1, -0.05) is 47.2 Å². The summed E-state index contributed by atoms with van der Waals surface area (Å²) in [6.45, 7) is 5.96. The highest BCUT2D eigenvalue weighted by Crippen LogP contribution is 2.34. The zero-order chi connectivity index (χ0) is 21.4. The van der Waals surface area contributed by atoms with Crippen molar-refractivity contribution in [1.29, 1.82) is 0 Å². The summed E-state index contributed by atoms with van der Waals surface area (Å²) in [6.07, 6.45) is 3.63. The molecule has 1 saturated heterocycles. The summed E-state index contributed by atoms with van der Waals surface area (Å²) in [5.74, 6) is 0.0289. The Morgan fingerprint density at radius 1 is 1.06 bits per heavy atom. The van der Waals surface area contributed by atoms with Crippen molar-refractivity contribution in [3.05, 3.63) is 74.2 Å². The van der Waals surface area contributed by atoms with Gasteiger partial charge in [-0.05, 0) is 31.2 Å². The van der Waals surface area contributed by atoms with Crippen molar-refractivity contribution < 1.29 is 5.11 Å². The molecule has 7 heteroatoms. The Hall–Kier alpha value is -3.16. The molecule has 0 amide bonds. The van der Waals surface area contributed by atoms with E-state index in [1.807, 2.05) is 30.3 Å². The second-order valence-electron chi connectivity index (χ2n) is 7.94. The van der Waals surface area contributed by atoms with Crippen LogP contribution < -0.4 is 9.77 Å². The smallest absolute Gasteiger partial charge is 0.311 e. The SMILES string of the molecule is Cc1ccc(N2CCN(Cn3c(O)c(/C=C4\C=Nc5ccccc54)sc3=O)CC2)cc1. The normalized spacial score (nSPS) is 17.5. The number of aryl methyl sites for hydroxylation is 1. The van der Waals surface area contributed by atoms with Crippen LogP contribution in [0.3, 0.4) is 0 Å². The Bertz CT molecular complexity index is 1220. The highest BCUT2D eigenvalue weighted by molar-refractivity contribution is 7.10. The fraction of sp³-hybridized carbons (Fsp3) is 0.250. The van der Waals surface area contributed by atoms with E-state index in [4.69, 9.17) is 0 Å². The number of benzene rings is 2. The predicted molar refractivity (Wildman–Crippen MR) is 128 cm³/mol. The van der Waals surface area contributed by atoms with Crippen molar-refractivity contribution in [1.82, 2.24) is 9.47 Å². The van der Waals surface area contributed by atoms with Gasteiger partial charge in [-0.2, -0.15) is 0 Å². The van der Waals surface area contributed by atoms with Crippen molar-refractivity contribution in [2.45, 2.75) is 13.6 Å². The van der Waals surface area contributed by atoms with Crippen molar-refractivity contribution >= 4 is 40.6 Å². The van der Waals surface area contributed by atoms with Crippen molar-refractivity contribution in [3.8, 4) is 5.88 Å². The topological polar surface area (TPSA) is 61.1 Å². The lowest BCUT2D eigenvalue weighted by Crippen LogP contribution is -2.47. The largest absolute Gasteiger partial charge is 0.493 e. The van der Waals surface area contributed by atoms with Gasteiger partial charge in [-0.15, -0.1) is 0 Å². The highest BCUT2D eigenvalue weighted by atomic mass is 32.1. The molecule has 1 N–H and O–H groups in total. The summed E-state index contributed by atoms with van der Waals surface area (Å²) in [4.78, 5) is 22.0. The van der Waals surface area contributed by atoms with Gasteiger partial charge in [0, 0.05) is 49.2 Å². The van der Waals surface area contributed by atoms with Crippen LogP contribution in [0.5, 0.6) is 5.88 Å². The quantitative estimate of drug-likeness (QED) is 0.678. The monoisotopic (exact) mass is 432 g/mol. The Morgan fingerprint density at radius 2 is 1.81 bits per heavy atom. The number of hydrogen-bond acceptors (Lipinski definition) is 6. The lowest BCUT2D eigenvalue weighted by Gasteiger charge is -2.36. The second kappa shape index (κ2) is 8.17. The number of thiazole rings is 1. The number of hydrogen-bond donors (Lipinski definition) is 1. The fourth-order valence-corrected chi connectivity index (χ4v) is 4.86. The van der Waals surface area contributed by atoms with E-state index < -0.39 is 0 Å². The molecule has 0 radical (unpaired) electrons. The maximum atomic E-state index is 12.6. The number of rotatable bonds is 4. The Kier molecular flexibility index (Phi) is 5.21. The minimum atomic E-state index is -0.145. The molecular formula is C24H24N4O2S. The van der Waals surface area contributed by atoms with Crippen LogP contribution in [-0.4, -0.2) is 47.0 Å². The van der Waals surface area contributed by atoms with Gasteiger partial charge in [0.1, 0.15) is 0 Å². The molecular weight excluding hydrogens is 408 g/mol. The molecule has 6 nitrogen and oxygen atoms in total. The van der Waals surface area contributed by atoms with E-state index in [2.05, 4.69) is 46.0 Å². The minimum absolute atomic E-state index is 0.0289. The van der Waals surface area contributed by atoms with Crippen LogP contribution in [0.15, 0.2) is 58.3 Å². The van der Waals surface area contributed by atoms with Crippen LogP contribution in [0, 0.1) is 6.92 Å². The first kappa shape index (κ1) is 19.8. The third-order valence-corrected chi connectivity index (χ3v) is 6.77. The molecule has 158 valence electrons. The van der Waals surface area contributed by atoms with E-state index in [0.717, 1.165) is 54.3 Å². The van der Waals surface area contributed by atoms with Crippen LogP contribution in [0.1, 0.15) is 16.0 Å². The van der Waals surface area contributed by atoms with E-state index >= 15 is 0 Å². The molecule has 2 aliphatic heterocycles. The van der Waals surface area contributed by atoms with E-state index in [-0.39, 0.29) is 10.8 Å². The van der Waals surface area contributed by atoms with E-state index in [9.17, 15) is 9.90 Å². The molecule has 0 unspecified atom stereocenters. The number of aromatic nitrogens is 1. The summed E-state index contributed by atoms with van der Waals surface area (Å²) in [5, 5.41) is 10.8. The molecule has 0 atom stereocenters. The van der Waals surface area contributed by atoms with Crippen LogP contribution in [0.4, 0.5) is 11.4 Å². The molecule has 3 heterocycles. The maximum absolute atomic E-state index is 12.6. The van der Waals surface area contributed by atoms with Gasteiger partial charge in [-0.3, -0.25) is 19.3 Å².